The molecule has 1 rings (SSSR count). The summed E-state index contributed by atoms with van der Waals surface area (Å²) in [5.41, 5.74) is -2.06. The van der Waals surface area contributed by atoms with Gasteiger partial charge in [-0.05, 0) is 0 Å². The molecule has 94 valence electrons. The topological polar surface area (TPSA) is 85.5 Å². The Morgan fingerprint density at radius 2 is 2.12 bits per heavy atom. The standard InChI is InChI=1S/C7H4F4N2O4/c8-3-1-5(13(15)16)6(12-4(3)2-14)17-7(9,10)11/h1,14H,2H2. The summed E-state index contributed by atoms with van der Waals surface area (Å²) in [6, 6.07) is 0.194. The van der Waals surface area contributed by atoms with Crippen molar-refractivity contribution in [1.82, 2.24) is 4.98 Å². The molecule has 1 aromatic heterocycles. The zero-order chi connectivity index (χ0) is 13.2. The van der Waals surface area contributed by atoms with E-state index in [2.05, 4.69) is 9.72 Å². The number of pyridine rings is 1. The molecule has 0 aliphatic carbocycles. The number of rotatable bonds is 3. The Labute approximate surface area is 90.6 Å². The molecule has 0 aliphatic heterocycles. The number of hydrogen-bond acceptors (Lipinski definition) is 5. The van der Waals surface area contributed by atoms with Crippen LogP contribution in [0.5, 0.6) is 5.88 Å². The second kappa shape index (κ2) is 4.49. The number of hydrogen-bond donors (Lipinski definition) is 1. The van der Waals surface area contributed by atoms with E-state index in [1.54, 1.807) is 0 Å². The Hall–Kier alpha value is -1.97. The summed E-state index contributed by atoms with van der Waals surface area (Å²) in [5.74, 6) is -2.72. The van der Waals surface area contributed by atoms with Crippen molar-refractivity contribution < 1.29 is 32.3 Å². The van der Waals surface area contributed by atoms with Gasteiger partial charge in [-0.15, -0.1) is 13.2 Å². The van der Waals surface area contributed by atoms with E-state index < -0.39 is 41.0 Å². The third-order valence-electron chi connectivity index (χ3n) is 1.55. The first-order valence-electron chi connectivity index (χ1n) is 3.95. The lowest BCUT2D eigenvalue weighted by Gasteiger charge is -2.09. The predicted molar refractivity (Wildman–Crippen MR) is 43.5 cm³/mol. The molecule has 17 heavy (non-hydrogen) atoms. The van der Waals surface area contributed by atoms with E-state index in [1.165, 1.54) is 0 Å². The zero-order valence-electron chi connectivity index (χ0n) is 7.86. The Balaban J connectivity index is 3.29. The maximum Gasteiger partial charge on any atom is 0.574 e. The summed E-state index contributed by atoms with van der Waals surface area (Å²) < 4.78 is 51.9. The molecule has 0 amide bonds. The van der Waals surface area contributed by atoms with Crippen LogP contribution in [0.25, 0.3) is 0 Å². The quantitative estimate of drug-likeness (QED) is 0.503. The number of nitro groups is 1. The van der Waals surface area contributed by atoms with Gasteiger partial charge in [0.05, 0.1) is 17.6 Å². The number of ether oxygens (including phenoxy) is 1. The lowest BCUT2D eigenvalue weighted by molar-refractivity contribution is -0.389. The second-order valence-electron chi connectivity index (χ2n) is 2.70. The van der Waals surface area contributed by atoms with Gasteiger partial charge in [0.25, 0.3) is 0 Å². The van der Waals surface area contributed by atoms with Gasteiger partial charge in [0.15, 0.2) is 5.82 Å². The van der Waals surface area contributed by atoms with Gasteiger partial charge in [-0.1, -0.05) is 0 Å². The van der Waals surface area contributed by atoms with Crippen molar-refractivity contribution in [1.29, 1.82) is 0 Å². The molecule has 1 N–H and O–H groups in total. The molecule has 0 fully saturated rings. The van der Waals surface area contributed by atoms with Crippen LogP contribution in [0.15, 0.2) is 6.07 Å². The van der Waals surface area contributed by atoms with E-state index in [0.29, 0.717) is 0 Å². The highest BCUT2D eigenvalue weighted by atomic mass is 19.4. The lowest BCUT2D eigenvalue weighted by atomic mass is 10.3. The Morgan fingerprint density at radius 3 is 2.53 bits per heavy atom. The molecule has 0 bridgehead atoms. The van der Waals surface area contributed by atoms with Crippen molar-refractivity contribution in [3.8, 4) is 5.88 Å². The van der Waals surface area contributed by atoms with Crippen LogP contribution >= 0.6 is 0 Å². The van der Waals surface area contributed by atoms with E-state index >= 15 is 0 Å². The van der Waals surface area contributed by atoms with Crippen molar-refractivity contribution in [3.05, 3.63) is 27.7 Å². The third-order valence-corrected chi connectivity index (χ3v) is 1.55. The highest BCUT2D eigenvalue weighted by Gasteiger charge is 2.36. The minimum absolute atomic E-state index is 0.194. The molecule has 0 unspecified atom stereocenters. The molecular formula is C7H4F4N2O4. The number of halogens is 4. The summed E-state index contributed by atoms with van der Waals surface area (Å²) in [6.45, 7) is -1.02. The van der Waals surface area contributed by atoms with Crippen LogP contribution in [0.2, 0.25) is 0 Å². The molecule has 6 nitrogen and oxygen atoms in total. The van der Waals surface area contributed by atoms with Crippen molar-refractivity contribution in [2.45, 2.75) is 13.0 Å². The SMILES string of the molecule is O=[N+]([O-])c1cc(F)c(CO)nc1OC(F)(F)F. The number of aromatic nitrogens is 1. The molecule has 1 heterocycles. The minimum atomic E-state index is -5.21. The van der Waals surface area contributed by atoms with Gasteiger partial charge < -0.3 is 9.84 Å². The number of aliphatic hydroxyl groups excluding tert-OH is 1. The van der Waals surface area contributed by atoms with Gasteiger partial charge in [-0.2, -0.15) is 0 Å². The van der Waals surface area contributed by atoms with Crippen LogP contribution in [-0.2, 0) is 6.61 Å². The highest BCUT2D eigenvalue weighted by molar-refractivity contribution is 5.42. The van der Waals surface area contributed by atoms with E-state index in [4.69, 9.17) is 5.11 Å². The fraction of sp³-hybridized carbons (Fsp3) is 0.286. The van der Waals surface area contributed by atoms with Gasteiger partial charge in [0.1, 0.15) is 5.69 Å². The van der Waals surface area contributed by atoms with Crippen LogP contribution in [0.4, 0.5) is 23.2 Å². The van der Waals surface area contributed by atoms with Gasteiger partial charge in [-0.3, -0.25) is 10.1 Å². The van der Waals surface area contributed by atoms with E-state index in [-0.39, 0.29) is 6.07 Å². The number of aliphatic hydroxyl groups is 1. The first-order valence-corrected chi connectivity index (χ1v) is 3.95. The van der Waals surface area contributed by atoms with Crippen molar-refractivity contribution in [2.24, 2.45) is 0 Å². The average molecular weight is 256 g/mol. The summed E-state index contributed by atoms with van der Waals surface area (Å²) >= 11 is 0. The highest BCUT2D eigenvalue weighted by Crippen LogP contribution is 2.31. The van der Waals surface area contributed by atoms with Crippen LogP contribution in [0.3, 0.4) is 0 Å². The van der Waals surface area contributed by atoms with Crippen molar-refractivity contribution >= 4 is 5.69 Å². The van der Waals surface area contributed by atoms with Crippen LogP contribution in [0.1, 0.15) is 5.69 Å². The number of alkyl halides is 3. The molecule has 0 aromatic carbocycles. The molecule has 0 spiro atoms. The van der Waals surface area contributed by atoms with Crippen LogP contribution in [0, 0.1) is 15.9 Å². The Bertz CT molecular complexity index is 448. The maximum absolute atomic E-state index is 13.0. The smallest absolute Gasteiger partial charge is 0.390 e. The predicted octanol–water partition coefficient (Wildman–Crippen LogP) is 1.52. The molecule has 10 heteroatoms. The molecule has 0 radical (unpaired) electrons. The summed E-state index contributed by atoms with van der Waals surface area (Å²) in [7, 11) is 0. The average Bonchev–Trinajstić information content (AvgIpc) is 2.17. The van der Waals surface area contributed by atoms with E-state index in [1.807, 2.05) is 0 Å². The normalized spacial score (nSPS) is 11.4. The molecule has 0 saturated carbocycles. The fourth-order valence-electron chi connectivity index (χ4n) is 0.925. The van der Waals surface area contributed by atoms with E-state index in [0.717, 1.165) is 0 Å². The molecule has 0 aliphatic rings. The maximum atomic E-state index is 13.0. The zero-order valence-corrected chi connectivity index (χ0v) is 7.86. The molecule has 1 aromatic rings. The molecule has 0 atom stereocenters. The summed E-state index contributed by atoms with van der Waals surface area (Å²) in [5, 5.41) is 18.9. The number of nitrogens with zero attached hydrogens (tertiary/aromatic N) is 2. The van der Waals surface area contributed by atoms with Gasteiger partial charge >= 0.3 is 17.9 Å². The van der Waals surface area contributed by atoms with Crippen molar-refractivity contribution in [3.63, 3.8) is 0 Å². The summed E-state index contributed by atoms with van der Waals surface area (Å²) in [4.78, 5) is 12.0. The van der Waals surface area contributed by atoms with Crippen molar-refractivity contribution in [2.75, 3.05) is 0 Å². The van der Waals surface area contributed by atoms with Gasteiger partial charge in [-0.25, -0.2) is 9.37 Å². The first-order chi connectivity index (χ1) is 7.74. The Morgan fingerprint density at radius 1 is 1.53 bits per heavy atom. The molecule has 0 saturated heterocycles. The monoisotopic (exact) mass is 256 g/mol. The molecular weight excluding hydrogens is 252 g/mol. The first kappa shape index (κ1) is 13.1. The largest absolute Gasteiger partial charge is 0.574 e. The van der Waals surface area contributed by atoms with Crippen LogP contribution in [-0.4, -0.2) is 21.4 Å². The van der Waals surface area contributed by atoms with E-state index in [9.17, 15) is 27.7 Å². The third kappa shape index (κ3) is 3.24. The summed E-state index contributed by atoms with van der Waals surface area (Å²) in [6.07, 6.45) is -5.21. The Kier molecular flexibility index (Phi) is 3.46. The second-order valence-corrected chi connectivity index (χ2v) is 2.70. The minimum Gasteiger partial charge on any atom is -0.390 e. The van der Waals surface area contributed by atoms with Crippen LogP contribution < -0.4 is 4.74 Å². The fourth-order valence-corrected chi connectivity index (χ4v) is 0.925. The van der Waals surface area contributed by atoms with Gasteiger partial charge in [0, 0.05) is 0 Å². The van der Waals surface area contributed by atoms with Gasteiger partial charge in [0.2, 0.25) is 0 Å². The lowest BCUT2D eigenvalue weighted by Crippen LogP contribution is -2.19.